The first kappa shape index (κ1) is 13.8. The quantitative estimate of drug-likeness (QED) is 0.713. The van der Waals surface area contributed by atoms with Crippen molar-refractivity contribution in [2.75, 3.05) is 7.11 Å². The zero-order chi connectivity index (χ0) is 14.7. The van der Waals surface area contributed by atoms with E-state index in [1.807, 2.05) is 48.8 Å². The number of rotatable bonds is 4. The molecule has 3 aromatic rings. The molecule has 3 rings (SSSR count). The van der Waals surface area contributed by atoms with Crippen LogP contribution in [0.15, 0.2) is 48.8 Å². The number of ether oxygens (including phenoxy) is 1. The van der Waals surface area contributed by atoms with E-state index in [0.717, 1.165) is 28.4 Å². The normalized spacial score (nSPS) is 10.6. The van der Waals surface area contributed by atoms with Crippen molar-refractivity contribution in [1.82, 2.24) is 9.97 Å². The van der Waals surface area contributed by atoms with Crippen LogP contribution in [0.4, 0.5) is 0 Å². The van der Waals surface area contributed by atoms with Crippen LogP contribution in [0.3, 0.4) is 0 Å². The summed E-state index contributed by atoms with van der Waals surface area (Å²) in [7, 11) is 1.68. The lowest BCUT2D eigenvalue weighted by atomic mass is 10.1. The first-order valence-corrected chi connectivity index (χ1v) is 7.68. The molecule has 0 amide bonds. The van der Waals surface area contributed by atoms with Gasteiger partial charge in [0.25, 0.3) is 0 Å². The molecular weight excluding hydrogens is 280 g/mol. The molecule has 106 valence electrons. The third-order valence-electron chi connectivity index (χ3n) is 3.31. The van der Waals surface area contributed by atoms with Gasteiger partial charge in [-0.05, 0) is 48.4 Å². The van der Waals surface area contributed by atoms with Crippen LogP contribution in [-0.4, -0.2) is 17.1 Å². The van der Waals surface area contributed by atoms with E-state index < -0.39 is 0 Å². The zero-order valence-electron chi connectivity index (χ0n) is 12.0. The average Bonchev–Trinajstić information content (AvgIpc) is 3.00. The summed E-state index contributed by atoms with van der Waals surface area (Å²) < 4.78 is 5.20. The second-order valence-electron chi connectivity index (χ2n) is 4.61. The lowest BCUT2D eigenvalue weighted by Gasteiger charge is -2.00. The predicted molar refractivity (Wildman–Crippen MR) is 86.7 cm³/mol. The topological polar surface area (TPSA) is 35.0 Å². The SMILES string of the molecule is CCc1nc(-c2ccc(OC)cc2)sc1-c1ccncc1. The summed E-state index contributed by atoms with van der Waals surface area (Å²) in [6, 6.07) is 12.1. The van der Waals surface area contributed by atoms with E-state index in [9.17, 15) is 0 Å². The largest absolute Gasteiger partial charge is 0.497 e. The fourth-order valence-electron chi connectivity index (χ4n) is 2.18. The maximum Gasteiger partial charge on any atom is 0.124 e. The van der Waals surface area contributed by atoms with Crippen molar-refractivity contribution < 1.29 is 4.74 Å². The Kier molecular flexibility index (Phi) is 3.97. The average molecular weight is 296 g/mol. The minimum Gasteiger partial charge on any atom is -0.497 e. The number of aromatic nitrogens is 2. The maximum atomic E-state index is 5.20. The monoisotopic (exact) mass is 296 g/mol. The van der Waals surface area contributed by atoms with E-state index >= 15 is 0 Å². The number of thiazole rings is 1. The molecular formula is C17H16N2OS. The summed E-state index contributed by atoms with van der Waals surface area (Å²) in [6.45, 7) is 2.14. The molecule has 0 saturated heterocycles. The molecule has 0 spiro atoms. The van der Waals surface area contributed by atoms with Gasteiger partial charge in [0.05, 0.1) is 17.7 Å². The van der Waals surface area contributed by atoms with Crippen molar-refractivity contribution in [3.05, 3.63) is 54.5 Å². The first-order chi connectivity index (χ1) is 10.3. The minimum absolute atomic E-state index is 0.861. The highest BCUT2D eigenvalue weighted by molar-refractivity contribution is 7.18. The Hall–Kier alpha value is -2.20. The number of hydrogen-bond acceptors (Lipinski definition) is 4. The second kappa shape index (κ2) is 6.06. The van der Waals surface area contributed by atoms with Gasteiger partial charge in [0, 0.05) is 18.0 Å². The number of benzene rings is 1. The third kappa shape index (κ3) is 2.81. The van der Waals surface area contributed by atoms with Gasteiger partial charge < -0.3 is 4.74 Å². The number of pyridine rings is 1. The van der Waals surface area contributed by atoms with E-state index in [-0.39, 0.29) is 0 Å². The Morgan fingerprint density at radius 2 is 1.71 bits per heavy atom. The molecule has 0 N–H and O–H groups in total. The van der Waals surface area contributed by atoms with Gasteiger partial charge in [0.15, 0.2) is 0 Å². The standard InChI is InChI=1S/C17H16N2OS/c1-3-15-16(12-8-10-18-11-9-12)21-17(19-15)13-4-6-14(20-2)7-5-13/h4-11H,3H2,1-2H3. The summed E-state index contributed by atoms with van der Waals surface area (Å²) >= 11 is 1.72. The van der Waals surface area contributed by atoms with Crippen LogP contribution < -0.4 is 4.74 Å². The predicted octanol–water partition coefficient (Wildman–Crippen LogP) is 4.44. The maximum absolute atomic E-state index is 5.20. The van der Waals surface area contributed by atoms with Crippen LogP contribution in [0.1, 0.15) is 12.6 Å². The first-order valence-electron chi connectivity index (χ1n) is 6.86. The molecule has 21 heavy (non-hydrogen) atoms. The van der Waals surface area contributed by atoms with Gasteiger partial charge in [-0.2, -0.15) is 0 Å². The number of hydrogen-bond donors (Lipinski definition) is 0. The van der Waals surface area contributed by atoms with Crippen LogP contribution in [0.25, 0.3) is 21.0 Å². The molecule has 0 aliphatic carbocycles. The van der Waals surface area contributed by atoms with Gasteiger partial charge in [-0.1, -0.05) is 6.92 Å². The van der Waals surface area contributed by atoms with E-state index in [2.05, 4.69) is 11.9 Å². The molecule has 0 radical (unpaired) electrons. The summed E-state index contributed by atoms with van der Waals surface area (Å²) in [4.78, 5) is 10.1. The molecule has 0 unspecified atom stereocenters. The fraction of sp³-hybridized carbons (Fsp3) is 0.176. The summed E-state index contributed by atoms with van der Waals surface area (Å²) in [5.74, 6) is 0.861. The van der Waals surface area contributed by atoms with Crippen molar-refractivity contribution in [2.45, 2.75) is 13.3 Å². The highest BCUT2D eigenvalue weighted by Crippen LogP contribution is 2.35. The second-order valence-corrected chi connectivity index (χ2v) is 5.61. The molecule has 0 aliphatic heterocycles. The van der Waals surface area contributed by atoms with E-state index in [1.54, 1.807) is 18.4 Å². The van der Waals surface area contributed by atoms with Gasteiger partial charge in [-0.15, -0.1) is 11.3 Å². The van der Waals surface area contributed by atoms with Crippen LogP contribution in [0, 0.1) is 0 Å². The van der Waals surface area contributed by atoms with Crippen molar-refractivity contribution in [1.29, 1.82) is 0 Å². The van der Waals surface area contributed by atoms with E-state index in [1.165, 1.54) is 10.4 Å². The molecule has 0 bridgehead atoms. The highest BCUT2D eigenvalue weighted by Gasteiger charge is 2.13. The Morgan fingerprint density at radius 3 is 2.33 bits per heavy atom. The van der Waals surface area contributed by atoms with Gasteiger partial charge in [0.2, 0.25) is 0 Å². The summed E-state index contributed by atoms with van der Waals surface area (Å²) in [5, 5.41) is 1.04. The number of nitrogens with zero attached hydrogens (tertiary/aromatic N) is 2. The van der Waals surface area contributed by atoms with E-state index in [0.29, 0.717) is 0 Å². The Labute approximate surface area is 128 Å². The van der Waals surface area contributed by atoms with Crippen molar-refractivity contribution >= 4 is 11.3 Å². The zero-order valence-corrected chi connectivity index (χ0v) is 12.9. The molecule has 0 fully saturated rings. The van der Waals surface area contributed by atoms with Crippen molar-refractivity contribution in [3.8, 4) is 26.8 Å². The molecule has 0 aliphatic rings. The molecule has 3 nitrogen and oxygen atoms in total. The van der Waals surface area contributed by atoms with E-state index in [4.69, 9.17) is 9.72 Å². The summed E-state index contributed by atoms with van der Waals surface area (Å²) in [6.07, 6.45) is 4.56. The molecule has 0 saturated carbocycles. The van der Waals surface area contributed by atoms with Gasteiger partial charge in [-0.3, -0.25) is 4.98 Å². The number of aryl methyl sites for hydroxylation is 1. The van der Waals surface area contributed by atoms with Crippen molar-refractivity contribution in [2.24, 2.45) is 0 Å². The fourth-order valence-corrected chi connectivity index (χ4v) is 3.34. The Morgan fingerprint density at radius 1 is 1.00 bits per heavy atom. The number of methoxy groups -OCH3 is 1. The molecule has 1 aromatic carbocycles. The van der Waals surface area contributed by atoms with Crippen LogP contribution in [0.5, 0.6) is 5.75 Å². The lowest BCUT2D eigenvalue weighted by molar-refractivity contribution is 0.415. The van der Waals surface area contributed by atoms with Crippen LogP contribution >= 0.6 is 11.3 Å². The van der Waals surface area contributed by atoms with Gasteiger partial charge >= 0.3 is 0 Å². The minimum atomic E-state index is 0.861. The van der Waals surface area contributed by atoms with Crippen molar-refractivity contribution in [3.63, 3.8) is 0 Å². The molecule has 0 atom stereocenters. The molecule has 2 heterocycles. The molecule has 2 aromatic heterocycles. The highest BCUT2D eigenvalue weighted by atomic mass is 32.1. The third-order valence-corrected chi connectivity index (χ3v) is 4.51. The Balaban J connectivity index is 2.02. The van der Waals surface area contributed by atoms with Crippen LogP contribution in [0.2, 0.25) is 0 Å². The van der Waals surface area contributed by atoms with Gasteiger partial charge in [0.1, 0.15) is 10.8 Å². The smallest absolute Gasteiger partial charge is 0.124 e. The van der Waals surface area contributed by atoms with Crippen LogP contribution in [-0.2, 0) is 6.42 Å². The Bertz CT molecular complexity index is 720. The van der Waals surface area contributed by atoms with Gasteiger partial charge in [-0.25, -0.2) is 4.98 Å². The summed E-state index contributed by atoms with van der Waals surface area (Å²) in [5.41, 5.74) is 3.44. The lowest BCUT2D eigenvalue weighted by Crippen LogP contribution is -1.85. The molecule has 4 heteroatoms.